The summed E-state index contributed by atoms with van der Waals surface area (Å²) in [4.78, 5) is 17.8. The smallest absolute Gasteiger partial charge is 0.229 e. The number of methoxy groups -OCH3 is 1. The molecule has 6 heteroatoms. The minimum atomic E-state index is -0.421. The second-order valence-corrected chi connectivity index (χ2v) is 7.36. The van der Waals surface area contributed by atoms with Gasteiger partial charge in [0.25, 0.3) is 0 Å². The van der Waals surface area contributed by atoms with E-state index in [2.05, 4.69) is 28.2 Å². The van der Waals surface area contributed by atoms with E-state index in [4.69, 9.17) is 9.72 Å². The number of aromatic nitrogens is 2. The highest BCUT2D eigenvalue weighted by Crippen LogP contribution is 2.29. The van der Waals surface area contributed by atoms with Crippen molar-refractivity contribution in [2.75, 3.05) is 20.2 Å². The van der Waals surface area contributed by atoms with E-state index in [1.165, 1.54) is 0 Å². The summed E-state index contributed by atoms with van der Waals surface area (Å²) < 4.78 is 7.47. The van der Waals surface area contributed by atoms with Crippen LogP contribution >= 0.6 is 0 Å². The van der Waals surface area contributed by atoms with E-state index in [-0.39, 0.29) is 5.91 Å². The molecule has 1 saturated heterocycles. The van der Waals surface area contributed by atoms with Gasteiger partial charge in [-0.1, -0.05) is 24.3 Å². The number of aryl methyl sites for hydroxylation is 1. The average Bonchev–Trinajstić information content (AvgIpc) is 3.06. The third-order valence-corrected chi connectivity index (χ3v) is 5.54. The van der Waals surface area contributed by atoms with E-state index in [0.29, 0.717) is 26.1 Å². The van der Waals surface area contributed by atoms with Gasteiger partial charge in [0.05, 0.1) is 30.1 Å². The van der Waals surface area contributed by atoms with Crippen LogP contribution < -0.4 is 15.4 Å². The van der Waals surface area contributed by atoms with Crippen LogP contribution in [0.2, 0.25) is 0 Å². The van der Waals surface area contributed by atoms with Crippen molar-refractivity contribution in [1.82, 2.24) is 20.2 Å². The normalized spacial score (nSPS) is 15.2. The second kappa shape index (κ2) is 7.64. The number of fused-ring (bicyclic) bond motifs is 1. The summed E-state index contributed by atoms with van der Waals surface area (Å²) in [5.41, 5.74) is 2.75. The summed E-state index contributed by atoms with van der Waals surface area (Å²) in [6.45, 7) is 4.71. The Kier molecular flexibility index (Phi) is 5.05. The van der Waals surface area contributed by atoms with Crippen LogP contribution in [-0.2, 0) is 24.3 Å². The molecule has 2 heterocycles. The highest BCUT2D eigenvalue weighted by molar-refractivity contribution is 5.84. The Morgan fingerprint density at radius 2 is 2.07 bits per heavy atom. The van der Waals surface area contributed by atoms with Gasteiger partial charge >= 0.3 is 0 Å². The van der Waals surface area contributed by atoms with Crippen molar-refractivity contribution < 1.29 is 9.53 Å². The van der Waals surface area contributed by atoms with Crippen LogP contribution in [0.3, 0.4) is 0 Å². The zero-order valence-corrected chi connectivity index (χ0v) is 16.4. The van der Waals surface area contributed by atoms with Crippen molar-refractivity contribution in [3.63, 3.8) is 0 Å². The highest BCUT2D eigenvalue weighted by atomic mass is 16.5. The number of amides is 1. The number of nitrogens with zero attached hydrogens (tertiary/aromatic N) is 2. The maximum absolute atomic E-state index is 13.1. The summed E-state index contributed by atoms with van der Waals surface area (Å²) >= 11 is 0. The second-order valence-electron chi connectivity index (χ2n) is 7.36. The van der Waals surface area contributed by atoms with Crippen LogP contribution in [0.5, 0.6) is 5.75 Å². The van der Waals surface area contributed by atoms with Crippen molar-refractivity contribution in [3.8, 4) is 5.75 Å². The number of ether oxygens (including phenoxy) is 1. The molecule has 0 saturated carbocycles. The third-order valence-electron chi connectivity index (χ3n) is 5.54. The first-order chi connectivity index (χ1) is 13.6. The Morgan fingerprint density at radius 3 is 2.79 bits per heavy atom. The van der Waals surface area contributed by atoms with Gasteiger partial charge in [-0.05, 0) is 43.2 Å². The van der Waals surface area contributed by atoms with Crippen molar-refractivity contribution in [2.45, 2.75) is 26.4 Å². The van der Waals surface area contributed by atoms with E-state index < -0.39 is 5.41 Å². The molecule has 0 unspecified atom stereocenters. The number of rotatable bonds is 7. The van der Waals surface area contributed by atoms with Crippen LogP contribution in [0.15, 0.2) is 48.5 Å². The SMILES string of the molecule is CCn1c(CNC(=O)C2(Cc3cccc(OC)c3)CNC2)nc2ccccc21. The zero-order valence-electron chi connectivity index (χ0n) is 16.4. The number of benzene rings is 2. The Bertz CT molecular complexity index is 991. The third kappa shape index (κ3) is 3.36. The molecule has 1 amide bonds. The Morgan fingerprint density at radius 1 is 1.25 bits per heavy atom. The van der Waals surface area contributed by atoms with Gasteiger partial charge in [0.1, 0.15) is 11.6 Å². The molecule has 1 aromatic heterocycles. The monoisotopic (exact) mass is 378 g/mol. The average molecular weight is 378 g/mol. The summed E-state index contributed by atoms with van der Waals surface area (Å²) in [7, 11) is 1.66. The van der Waals surface area contributed by atoms with Crippen molar-refractivity contribution >= 4 is 16.9 Å². The Balaban J connectivity index is 1.49. The predicted molar refractivity (Wildman–Crippen MR) is 109 cm³/mol. The first-order valence-electron chi connectivity index (χ1n) is 9.71. The first-order valence-corrected chi connectivity index (χ1v) is 9.71. The quantitative estimate of drug-likeness (QED) is 0.663. The number of nitrogens with one attached hydrogen (secondary N) is 2. The van der Waals surface area contributed by atoms with Crippen molar-refractivity contribution in [1.29, 1.82) is 0 Å². The molecule has 2 aromatic carbocycles. The molecule has 4 rings (SSSR count). The Hall–Kier alpha value is -2.86. The molecule has 0 atom stereocenters. The molecule has 28 heavy (non-hydrogen) atoms. The molecule has 0 spiro atoms. The molecule has 1 aliphatic heterocycles. The van der Waals surface area contributed by atoms with Crippen molar-refractivity contribution in [3.05, 3.63) is 59.9 Å². The van der Waals surface area contributed by atoms with Gasteiger partial charge in [-0.25, -0.2) is 4.98 Å². The minimum absolute atomic E-state index is 0.0729. The molecule has 1 fully saturated rings. The van der Waals surface area contributed by atoms with Gasteiger partial charge in [0.15, 0.2) is 0 Å². The van der Waals surface area contributed by atoms with Crippen LogP contribution in [0, 0.1) is 5.41 Å². The molecular formula is C22H26N4O2. The summed E-state index contributed by atoms with van der Waals surface area (Å²) in [6, 6.07) is 16.0. The highest BCUT2D eigenvalue weighted by Gasteiger charge is 2.44. The maximum Gasteiger partial charge on any atom is 0.229 e. The minimum Gasteiger partial charge on any atom is -0.497 e. The lowest BCUT2D eigenvalue weighted by molar-refractivity contribution is -0.134. The lowest BCUT2D eigenvalue weighted by Crippen LogP contribution is -2.62. The molecule has 3 aromatic rings. The van der Waals surface area contributed by atoms with E-state index in [9.17, 15) is 4.79 Å². The fourth-order valence-corrected chi connectivity index (χ4v) is 3.93. The lowest BCUT2D eigenvalue weighted by atomic mass is 9.75. The molecule has 2 N–H and O–H groups in total. The van der Waals surface area contributed by atoms with Crippen molar-refractivity contribution in [2.24, 2.45) is 5.41 Å². The fourth-order valence-electron chi connectivity index (χ4n) is 3.93. The van der Waals surface area contributed by atoms with Gasteiger partial charge in [-0.2, -0.15) is 0 Å². The lowest BCUT2D eigenvalue weighted by Gasteiger charge is -2.41. The number of carbonyl (C=O) groups excluding carboxylic acids is 1. The largest absolute Gasteiger partial charge is 0.497 e. The number of hydrogen-bond donors (Lipinski definition) is 2. The van der Waals surface area contributed by atoms with Crippen LogP contribution in [0.4, 0.5) is 0 Å². The van der Waals surface area contributed by atoms with E-state index >= 15 is 0 Å². The number of hydrogen-bond acceptors (Lipinski definition) is 4. The summed E-state index contributed by atoms with van der Waals surface area (Å²) in [5.74, 6) is 1.78. The number of para-hydroxylation sites is 2. The number of imidazole rings is 1. The summed E-state index contributed by atoms with van der Waals surface area (Å²) in [5, 5.41) is 6.39. The first kappa shape index (κ1) is 18.5. The van der Waals surface area contributed by atoms with Gasteiger partial charge in [-0.3, -0.25) is 4.79 Å². The predicted octanol–water partition coefficient (Wildman–Crippen LogP) is 2.51. The molecular weight excluding hydrogens is 352 g/mol. The Labute approximate surface area is 164 Å². The summed E-state index contributed by atoms with van der Waals surface area (Å²) in [6.07, 6.45) is 0.688. The van der Waals surface area contributed by atoms with Gasteiger partial charge in [-0.15, -0.1) is 0 Å². The molecule has 146 valence electrons. The maximum atomic E-state index is 13.1. The zero-order chi connectivity index (χ0) is 19.6. The van der Waals surface area contributed by atoms with Crippen LogP contribution in [0.1, 0.15) is 18.3 Å². The topological polar surface area (TPSA) is 68.2 Å². The number of carbonyl (C=O) groups is 1. The fraction of sp³-hybridized carbons (Fsp3) is 0.364. The van der Waals surface area contributed by atoms with Crippen LogP contribution in [0.25, 0.3) is 11.0 Å². The molecule has 0 bridgehead atoms. The van der Waals surface area contributed by atoms with Crippen LogP contribution in [-0.4, -0.2) is 35.7 Å². The van der Waals surface area contributed by atoms with Gasteiger partial charge in [0, 0.05) is 19.6 Å². The van der Waals surface area contributed by atoms with E-state index in [1.54, 1.807) is 7.11 Å². The molecule has 6 nitrogen and oxygen atoms in total. The molecule has 1 aliphatic rings. The van der Waals surface area contributed by atoms with Gasteiger partial charge in [0.2, 0.25) is 5.91 Å². The van der Waals surface area contributed by atoms with Gasteiger partial charge < -0.3 is 19.9 Å². The standard InChI is InChI=1S/C22H26N4O2/c1-3-26-19-10-5-4-9-18(19)25-20(26)13-24-21(27)22(14-23-15-22)12-16-7-6-8-17(11-16)28-2/h4-11,23H,3,12-15H2,1-2H3,(H,24,27). The van der Waals surface area contributed by atoms with E-state index in [1.807, 2.05) is 42.5 Å². The molecule has 0 aliphatic carbocycles. The van der Waals surface area contributed by atoms with E-state index in [0.717, 1.165) is 34.7 Å². The molecule has 0 radical (unpaired) electrons.